The van der Waals surface area contributed by atoms with Crippen LogP contribution in [0.4, 0.5) is 32.1 Å². The van der Waals surface area contributed by atoms with E-state index in [1.807, 2.05) is 0 Å². The Labute approximate surface area is 168 Å². The van der Waals surface area contributed by atoms with Gasteiger partial charge in [-0.1, -0.05) is 23.9 Å². The first-order chi connectivity index (χ1) is 13.9. The molecule has 0 aliphatic carbocycles. The van der Waals surface area contributed by atoms with Crippen LogP contribution in [-0.2, 0) is 11.3 Å². The highest BCUT2D eigenvalue weighted by Crippen LogP contribution is 2.28. The molecule has 0 unspecified atom stereocenters. The van der Waals surface area contributed by atoms with E-state index in [-0.39, 0.29) is 29.9 Å². The second-order valence-corrected chi connectivity index (χ2v) is 6.68. The van der Waals surface area contributed by atoms with Gasteiger partial charge < -0.3 is 21.5 Å². The van der Waals surface area contributed by atoms with Crippen LogP contribution in [0, 0.1) is 0 Å². The first-order valence-electron chi connectivity index (χ1n) is 8.24. The van der Waals surface area contributed by atoms with E-state index in [1.54, 1.807) is 48.5 Å². The molecule has 0 aliphatic heterocycles. The maximum Gasteiger partial charge on any atom is 0.340 e. The van der Waals surface area contributed by atoms with E-state index in [2.05, 4.69) is 20.3 Å². The number of nitrogens with zero attached hydrogens (tertiary/aromatic N) is 3. The van der Waals surface area contributed by atoms with Crippen molar-refractivity contribution in [3.8, 4) is 0 Å². The van der Waals surface area contributed by atoms with Gasteiger partial charge >= 0.3 is 5.97 Å². The number of carbonyl (C=O) groups excluding carboxylic acids is 1. The molecule has 150 valence electrons. The van der Waals surface area contributed by atoms with Crippen molar-refractivity contribution in [1.29, 1.82) is 0 Å². The lowest BCUT2D eigenvalue weighted by atomic mass is 10.1. The van der Waals surface area contributed by atoms with Gasteiger partial charge in [-0.15, -0.1) is 0 Å². The number of anilines is 4. The Bertz CT molecular complexity index is 984. The summed E-state index contributed by atoms with van der Waals surface area (Å²) in [6, 6.07) is 13.1. The third kappa shape index (κ3) is 5.75. The number of nitrogens with two attached hydrogens (primary N) is 2. The van der Waals surface area contributed by atoms with Crippen molar-refractivity contribution in [3.05, 3.63) is 59.9 Å². The number of nitrogens with one attached hydrogen (secondary N) is 1. The Morgan fingerprint density at radius 1 is 1.03 bits per heavy atom. The van der Waals surface area contributed by atoms with Gasteiger partial charge in [-0.25, -0.2) is 4.79 Å². The number of thioether (sulfide) groups is 1. The van der Waals surface area contributed by atoms with E-state index >= 15 is 0 Å². The molecule has 5 N–H and O–H groups in total. The number of para-hydroxylation sites is 1. The average molecular weight is 418 g/mol. The molecule has 0 bridgehead atoms. The minimum Gasteiger partial charge on any atom is -0.454 e. The normalized spacial score (nSPS) is 10.7. The average Bonchev–Trinajstić information content (AvgIpc) is 2.67. The molecule has 1 heterocycles. The number of hydrogen-bond acceptors (Lipinski definition) is 9. The molecule has 29 heavy (non-hydrogen) atoms. The molecular weight excluding hydrogens is 402 g/mol. The lowest BCUT2D eigenvalue weighted by molar-refractivity contribution is 0.0463. The van der Waals surface area contributed by atoms with Crippen molar-refractivity contribution in [2.75, 3.05) is 16.8 Å². The summed E-state index contributed by atoms with van der Waals surface area (Å²) in [7, 11) is 0. The molecule has 0 spiro atoms. The van der Waals surface area contributed by atoms with Crippen molar-refractivity contribution in [3.63, 3.8) is 0 Å². The van der Waals surface area contributed by atoms with Crippen molar-refractivity contribution in [2.24, 2.45) is 0 Å². The van der Waals surface area contributed by atoms with E-state index in [1.165, 1.54) is 0 Å². The number of nitrogen functional groups attached to an aromatic ring is 2. The van der Waals surface area contributed by atoms with E-state index in [4.69, 9.17) is 16.2 Å². The van der Waals surface area contributed by atoms with Gasteiger partial charge in [-0.2, -0.15) is 23.7 Å². The molecular formula is C18H16F2N6O2S. The molecule has 0 atom stereocenters. The molecule has 3 aromatic rings. The van der Waals surface area contributed by atoms with Crippen molar-refractivity contribution in [2.45, 2.75) is 17.3 Å². The molecule has 0 aliphatic rings. The molecule has 0 fully saturated rings. The van der Waals surface area contributed by atoms with Crippen molar-refractivity contribution < 1.29 is 18.3 Å². The number of benzene rings is 2. The minimum absolute atomic E-state index is 0.0703. The maximum absolute atomic E-state index is 12.5. The first kappa shape index (κ1) is 20.3. The van der Waals surface area contributed by atoms with Gasteiger partial charge in [-0.05, 0) is 36.4 Å². The van der Waals surface area contributed by atoms with Crippen LogP contribution in [0.3, 0.4) is 0 Å². The van der Waals surface area contributed by atoms with Gasteiger partial charge in [0.05, 0.1) is 11.3 Å². The summed E-state index contributed by atoms with van der Waals surface area (Å²) in [5.41, 5.74) is 12.4. The van der Waals surface area contributed by atoms with Crippen LogP contribution in [-0.4, -0.2) is 26.7 Å². The third-order valence-corrected chi connectivity index (χ3v) is 4.28. The second-order valence-electron chi connectivity index (χ2n) is 5.62. The Balaban J connectivity index is 1.70. The maximum atomic E-state index is 12.5. The third-order valence-electron chi connectivity index (χ3n) is 3.55. The van der Waals surface area contributed by atoms with Crippen LogP contribution in [0.5, 0.6) is 0 Å². The first-order valence-corrected chi connectivity index (χ1v) is 9.12. The molecule has 3 rings (SSSR count). The van der Waals surface area contributed by atoms with Gasteiger partial charge in [-0.3, -0.25) is 0 Å². The van der Waals surface area contributed by atoms with Gasteiger partial charge in [0.15, 0.2) is 12.4 Å². The number of ether oxygens (including phenoxy) is 1. The molecule has 0 saturated carbocycles. The molecule has 2 aromatic carbocycles. The number of aromatic nitrogens is 3. The smallest absolute Gasteiger partial charge is 0.340 e. The monoisotopic (exact) mass is 418 g/mol. The highest BCUT2D eigenvalue weighted by atomic mass is 32.2. The zero-order chi connectivity index (χ0) is 20.8. The fraction of sp³-hybridized carbons (Fsp3) is 0.111. The molecule has 8 nitrogen and oxygen atoms in total. The van der Waals surface area contributed by atoms with Crippen LogP contribution in [0.1, 0.15) is 16.2 Å². The highest BCUT2D eigenvalue weighted by molar-refractivity contribution is 7.99. The SMILES string of the molecule is Nc1nc(N)nc(COC(=O)c2ccccc2Nc2ccc(SC(F)F)cc2)n1. The highest BCUT2D eigenvalue weighted by Gasteiger charge is 2.14. The summed E-state index contributed by atoms with van der Waals surface area (Å²) >= 11 is 0.459. The van der Waals surface area contributed by atoms with Gasteiger partial charge in [0.2, 0.25) is 11.9 Å². The topological polar surface area (TPSA) is 129 Å². The van der Waals surface area contributed by atoms with Crippen LogP contribution >= 0.6 is 11.8 Å². The number of halogens is 2. The van der Waals surface area contributed by atoms with Crippen molar-refractivity contribution >= 4 is 41.0 Å². The molecule has 1 aromatic heterocycles. The predicted molar refractivity (Wildman–Crippen MR) is 106 cm³/mol. The van der Waals surface area contributed by atoms with Gasteiger partial charge in [0, 0.05) is 10.6 Å². The van der Waals surface area contributed by atoms with Crippen LogP contribution in [0.15, 0.2) is 53.4 Å². The number of alkyl halides is 2. The number of hydrogen-bond donors (Lipinski definition) is 3. The molecule has 0 amide bonds. The molecule has 11 heteroatoms. The molecule has 0 radical (unpaired) electrons. The Morgan fingerprint density at radius 2 is 1.69 bits per heavy atom. The Morgan fingerprint density at radius 3 is 2.34 bits per heavy atom. The van der Waals surface area contributed by atoms with Crippen LogP contribution < -0.4 is 16.8 Å². The summed E-state index contributed by atoms with van der Waals surface area (Å²) in [6.45, 7) is -0.233. The summed E-state index contributed by atoms with van der Waals surface area (Å²) in [5.74, 6) is -3.12. The quantitative estimate of drug-likeness (QED) is 0.390. The minimum atomic E-state index is -2.49. The summed E-state index contributed by atoms with van der Waals surface area (Å²) in [5, 5.41) is 3.07. The van der Waals surface area contributed by atoms with E-state index in [0.717, 1.165) is 0 Å². The predicted octanol–water partition coefficient (Wildman–Crippen LogP) is 3.45. The molecule has 0 saturated heterocycles. The number of rotatable bonds is 7. The summed E-state index contributed by atoms with van der Waals surface area (Å²) in [6.07, 6.45) is 0. The van der Waals surface area contributed by atoms with E-state index in [0.29, 0.717) is 28.0 Å². The zero-order valence-corrected chi connectivity index (χ0v) is 15.7. The summed E-state index contributed by atoms with van der Waals surface area (Å²) < 4.78 is 30.1. The fourth-order valence-corrected chi connectivity index (χ4v) is 2.87. The van der Waals surface area contributed by atoms with Crippen LogP contribution in [0.25, 0.3) is 0 Å². The summed E-state index contributed by atoms with van der Waals surface area (Å²) in [4.78, 5) is 24.3. The van der Waals surface area contributed by atoms with Crippen molar-refractivity contribution in [1.82, 2.24) is 15.0 Å². The Hall–Kier alpha value is -3.47. The second kappa shape index (κ2) is 9.15. The van der Waals surface area contributed by atoms with Gasteiger partial charge in [0.1, 0.15) is 0 Å². The van der Waals surface area contributed by atoms with Gasteiger partial charge in [0.25, 0.3) is 5.76 Å². The van der Waals surface area contributed by atoms with E-state index in [9.17, 15) is 13.6 Å². The zero-order valence-electron chi connectivity index (χ0n) is 14.9. The van der Waals surface area contributed by atoms with Crippen LogP contribution in [0.2, 0.25) is 0 Å². The largest absolute Gasteiger partial charge is 0.454 e. The van der Waals surface area contributed by atoms with E-state index < -0.39 is 11.7 Å². The number of carbonyl (C=O) groups is 1. The Kier molecular flexibility index (Phi) is 6.39. The lowest BCUT2D eigenvalue weighted by Gasteiger charge is -2.12. The number of esters is 1. The standard InChI is InChI=1S/C18H16F2N6O2S/c19-16(20)29-11-7-5-10(6-8-11)23-13-4-2-1-3-12(13)15(27)28-9-14-24-17(21)26-18(22)25-14/h1-8,16,23H,9H2,(H4,21,22,24,25,26). The fourth-order valence-electron chi connectivity index (χ4n) is 2.37. The lowest BCUT2D eigenvalue weighted by Crippen LogP contribution is -2.12.